The fraction of sp³-hybridized carbons (Fsp3) is 0.500. The second-order valence-electron chi connectivity index (χ2n) is 3.54. The minimum atomic E-state index is -0.501. The van der Waals surface area contributed by atoms with Crippen LogP contribution in [-0.2, 0) is 16.0 Å². The number of hydrogen-bond acceptors (Lipinski definition) is 3. The van der Waals surface area contributed by atoms with Crippen molar-refractivity contribution in [2.24, 2.45) is 0 Å². The molecule has 0 aromatic carbocycles. The Morgan fingerprint density at radius 3 is 2.88 bits per heavy atom. The van der Waals surface area contributed by atoms with Gasteiger partial charge in [0.05, 0.1) is 6.33 Å². The summed E-state index contributed by atoms with van der Waals surface area (Å²) in [6.07, 6.45) is 4.00. The molecule has 0 aliphatic carbocycles. The van der Waals surface area contributed by atoms with Crippen molar-refractivity contribution >= 4 is 11.8 Å². The average Bonchev–Trinajstić information content (AvgIpc) is 2.69. The van der Waals surface area contributed by atoms with Gasteiger partial charge >= 0.3 is 0 Å². The summed E-state index contributed by atoms with van der Waals surface area (Å²) in [4.78, 5) is 29.0. The largest absolute Gasteiger partial charge is 0.354 e. The predicted octanol–water partition coefficient (Wildman–Crippen LogP) is -0.407. The van der Waals surface area contributed by atoms with Crippen LogP contribution < -0.4 is 10.6 Å². The molecule has 88 valence electrons. The molecule has 0 saturated heterocycles. The van der Waals surface area contributed by atoms with Crippen molar-refractivity contribution in [3.05, 3.63) is 18.2 Å². The highest BCUT2D eigenvalue weighted by Gasteiger charge is 2.12. The quantitative estimate of drug-likeness (QED) is 0.635. The van der Waals surface area contributed by atoms with Gasteiger partial charge < -0.3 is 15.6 Å². The molecule has 0 aliphatic rings. The van der Waals surface area contributed by atoms with Crippen LogP contribution in [0.4, 0.5) is 0 Å². The topological polar surface area (TPSA) is 86.9 Å². The molecule has 1 aromatic heterocycles. The standard InChI is InChI=1S/C10H16N4O2/c1-7(14-8(2)15)10(16)12-4-3-9-5-11-6-13-9/h5-7H,3-4H2,1-2H3,(H,11,13)(H,12,16)(H,14,15). The Morgan fingerprint density at radius 2 is 2.31 bits per heavy atom. The van der Waals surface area contributed by atoms with Gasteiger partial charge in [-0.2, -0.15) is 0 Å². The first-order chi connectivity index (χ1) is 7.59. The van der Waals surface area contributed by atoms with Crippen molar-refractivity contribution in [3.8, 4) is 0 Å². The van der Waals surface area contributed by atoms with E-state index in [1.165, 1.54) is 6.92 Å². The molecule has 0 bridgehead atoms. The molecular weight excluding hydrogens is 208 g/mol. The summed E-state index contributed by atoms with van der Waals surface area (Å²) in [6.45, 7) is 3.55. The van der Waals surface area contributed by atoms with E-state index in [0.29, 0.717) is 13.0 Å². The van der Waals surface area contributed by atoms with E-state index in [1.54, 1.807) is 19.4 Å². The number of amides is 2. The van der Waals surface area contributed by atoms with Gasteiger partial charge in [0.15, 0.2) is 0 Å². The highest BCUT2D eigenvalue weighted by atomic mass is 16.2. The van der Waals surface area contributed by atoms with E-state index >= 15 is 0 Å². The van der Waals surface area contributed by atoms with Crippen molar-refractivity contribution in [2.75, 3.05) is 6.54 Å². The maximum atomic E-state index is 11.5. The van der Waals surface area contributed by atoms with Crippen LogP contribution in [0.1, 0.15) is 19.5 Å². The van der Waals surface area contributed by atoms with E-state index in [2.05, 4.69) is 20.6 Å². The number of H-pyrrole nitrogens is 1. The molecule has 6 heteroatoms. The van der Waals surface area contributed by atoms with Crippen molar-refractivity contribution in [1.82, 2.24) is 20.6 Å². The molecule has 16 heavy (non-hydrogen) atoms. The third kappa shape index (κ3) is 4.12. The molecule has 6 nitrogen and oxygen atoms in total. The number of hydrogen-bond donors (Lipinski definition) is 3. The molecule has 0 saturated carbocycles. The molecule has 1 rings (SSSR count). The maximum Gasteiger partial charge on any atom is 0.242 e. The van der Waals surface area contributed by atoms with E-state index in [-0.39, 0.29) is 11.8 Å². The van der Waals surface area contributed by atoms with E-state index < -0.39 is 6.04 Å². The van der Waals surface area contributed by atoms with Crippen molar-refractivity contribution in [3.63, 3.8) is 0 Å². The highest BCUT2D eigenvalue weighted by Crippen LogP contribution is 1.91. The molecule has 0 fully saturated rings. The molecule has 1 atom stereocenters. The SMILES string of the molecule is CC(=O)NC(C)C(=O)NCCc1cnc[nH]1. The molecule has 1 aromatic rings. The first-order valence-electron chi connectivity index (χ1n) is 5.11. The molecule has 3 N–H and O–H groups in total. The van der Waals surface area contributed by atoms with Crippen LogP contribution in [0, 0.1) is 0 Å². The molecule has 0 radical (unpaired) electrons. The van der Waals surface area contributed by atoms with Gasteiger partial charge in [-0.25, -0.2) is 4.98 Å². The monoisotopic (exact) mass is 224 g/mol. The number of imidazole rings is 1. The fourth-order valence-electron chi connectivity index (χ4n) is 1.27. The van der Waals surface area contributed by atoms with Crippen LogP contribution in [0.5, 0.6) is 0 Å². The lowest BCUT2D eigenvalue weighted by molar-refractivity contribution is -0.127. The Balaban J connectivity index is 2.22. The molecule has 0 spiro atoms. The molecular formula is C10H16N4O2. The minimum absolute atomic E-state index is 0.185. The van der Waals surface area contributed by atoms with Gasteiger partial charge in [-0.15, -0.1) is 0 Å². The number of nitrogens with zero attached hydrogens (tertiary/aromatic N) is 1. The number of aromatic amines is 1. The fourth-order valence-corrected chi connectivity index (χ4v) is 1.27. The Kier molecular flexibility index (Phi) is 4.50. The van der Waals surface area contributed by atoms with Crippen molar-refractivity contribution in [2.45, 2.75) is 26.3 Å². The second kappa shape index (κ2) is 5.89. The summed E-state index contributed by atoms with van der Waals surface area (Å²) in [5.41, 5.74) is 0.965. The Labute approximate surface area is 93.8 Å². The van der Waals surface area contributed by atoms with Crippen LogP contribution >= 0.6 is 0 Å². The van der Waals surface area contributed by atoms with Crippen molar-refractivity contribution in [1.29, 1.82) is 0 Å². The lowest BCUT2D eigenvalue weighted by atomic mass is 10.3. The van der Waals surface area contributed by atoms with Crippen LogP contribution in [0.15, 0.2) is 12.5 Å². The van der Waals surface area contributed by atoms with Crippen LogP contribution in [0.25, 0.3) is 0 Å². The highest BCUT2D eigenvalue weighted by molar-refractivity contribution is 5.86. The number of carbonyl (C=O) groups is 2. The summed E-state index contributed by atoms with van der Waals surface area (Å²) in [5.74, 6) is -0.397. The van der Waals surface area contributed by atoms with Gasteiger partial charge in [0.1, 0.15) is 6.04 Å². The summed E-state index contributed by atoms with van der Waals surface area (Å²) < 4.78 is 0. The maximum absolute atomic E-state index is 11.5. The average molecular weight is 224 g/mol. The second-order valence-corrected chi connectivity index (χ2v) is 3.54. The summed E-state index contributed by atoms with van der Waals surface area (Å²) in [5, 5.41) is 5.24. The van der Waals surface area contributed by atoms with Gasteiger partial charge in [-0.3, -0.25) is 9.59 Å². The van der Waals surface area contributed by atoms with E-state index in [9.17, 15) is 9.59 Å². The van der Waals surface area contributed by atoms with Gasteiger partial charge in [0.25, 0.3) is 0 Å². The van der Waals surface area contributed by atoms with E-state index in [4.69, 9.17) is 0 Å². The molecule has 1 heterocycles. The Hall–Kier alpha value is -1.85. The van der Waals surface area contributed by atoms with Gasteiger partial charge in [0.2, 0.25) is 11.8 Å². The summed E-state index contributed by atoms with van der Waals surface area (Å²) in [7, 11) is 0. The molecule has 2 amide bonds. The zero-order valence-electron chi connectivity index (χ0n) is 9.41. The zero-order chi connectivity index (χ0) is 12.0. The zero-order valence-corrected chi connectivity index (χ0v) is 9.41. The number of carbonyl (C=O) groups excluding carboxylic acids is 2. The third-order valence-electron chi connectivity index (χ3n) is 2.06. The van der Waals surface area contributed by atoms with Crippen molar-refractivity contribution < 1.29 is 9.59 Å². The first-order valence-corrected chi connectivity index (χ1v) is 5.11. The van der Waals surface area contributed by atoms with Crippen LogP contribution in [-0.4, -0.2) is 34.4 Å². The van der Waals surface area contributed by atoms with E-state index in [1.807, 2.05) is 0 Å². The molecule has 0 aliphatic heterocycles. The number of aromatic nitrogens is 2. The summed E-state index contributed by atoms with van der Waals surface area (Å²) in [6, 6.07) is -0.501. The first kappa shape index (κ1) is 12.2. The Morgan fingerprint density at radius 1 is 1.56 bits per heavy atom. The van der Waals surface area contributed by atoms with Crippen LogP contribution in [0.3, 0.4) is 0 Å². The number of rotatable bonds is 5. The normalized spacial score (nSPS) is 11.9. The number of nitrogens with one attached hydrogen (secondary N) is 3. The lowest BCUT2D eigenvalue weighted by Crippen LogP contribution is -2.44. The molecule has 1 unspecified atom stereocenters. The third-order valence-corrected chi connectivity index (χ3v) is 2.06. The predicted molar refractivity (Wildman–Crippen MR) is 58.6 cm³/mol. The lowest BCUT2D eigenvalue weighted by Gasteiger charge is -2.12. The smallest absolute Gasteiger partial charge is 0.242 e. The minimum Gasteiger partial charge on any atom is -0.354 e. The van der Waals surface area contributed by atoms with Gasteiger partial charge in [0, 0.05) is 31.8 Å². The Bertz CT molecular complexity index is 348. The summed E-state index contributed by atoms with van der Waals surface area (Å²) >= 11 is 0. The van der Waals surface area contributed by atoms with Gasteiger partial charge in [-0.1, -0.05) is 0 Å². The van der Waals surface area contributed by atoms with Crippen LogP contribution in [0.2, 0.25) is 0 Å². The van der Waals surface area contributed by atoms with E-state index in [0.717, 1.165) is 5.69 Å². The van der Waals surface area contributed by atoms with Gasteiger partial charge in [-0.05, 0) is 6.92 Å².